The number of alkyl halides is 8. The van der Waals surface area contributed by atoms with Gasteiger partial charge in [-0.2, -0.15) is 68.8 Å². The van der Waals surface area contributed by atoms with Gasteiger partial charge in [0.05, 0.1) is 4.88 Å². The molecule has 3 aromatic heterocycles. The van der Waals surface area contributed by atoms with Gasteiger partial charge >= 0.3 is 33.2 Å². The Morgan fingerprint density at radius 1 is 0.647 bits per heavy atom. The molecule has 0 aliphatic carbocycles. The Labute approximate surface area is 521 Å². The maximum Gasteiger partial charge on any atom is 0.522 e. The molecule has 3 N–H and O–H groups in total. The number of carboxylic acid groups (broad SMARTS) is 1. The summed E-state index contributed by atoms with van der Waals surface area (Å²) in [4.78, 5) is 11.6. The molecule has 7 aromatic rings. The molecule has 1 aliphatic heterocycles. The number of thiol groups is 2. The van der Waals surface area contributed by atoms with E-state index in [1.165, 1.54) is 55.8 Å². The molecule has 0 atom stereocenters. The standard InChI is InChI=1S/C17H8F6OS.C12H6F4O.C8H9S3.C5H4O2S.C3H8S2.2CHF3O3S.CH4.Br2/c18-12-8-10(24-17(22,23)15-2-1-5-25-15)3-4-11(12)9-6-13(19)16(21)14(20)7-9;13-9-5-7(17)1-2-8(9)6-3-10(14)12(16)11(15)4-6;1-3-7(9-4-1)8-10-5-2-6-11-8;6-5(7)4-2-1-3-8-4;4-2-1-3-5;2*2-1(3,4)8(5,6)7;;1-2/h1-8H;1-5,17H;1,3-4H,2,5-6H2;1-3H,(H,6,7);4-5H,1-3H2;2*(H,5,6,7);1H4;/q;;+1;;;;;;/p-1. The predicted octanol–water partition coefficient (Wildman–Crippen LogP) is 17.6. The number of phenols is 1. The predicted molar refractivity (Wildman–Crippen MR) is 313 cm³/mol. The molecular formula is C48H40Br2F16O10S9. The summed E-state index contributed by atoms with van der Waals surface area (Å²) in [7, 11) is -11.9. The molecule has 37 heteroatoms. The van der Waals surface area contributed by atoms with Crippen LogP contribution in [0.3, 0.4) is 0 Å². The highest BCUT2D eigenvalue weighted by Crippen LogP contribution is 2.37. The Kier molecular flexibility index (Phi) is 36.4. The molecular weight excluding hydrogens is 1490 g/mol. The number of carboxylic acids is 1. The quantitative estimate of drug-likeness (QED) is 0.0177. The van der Waals surface area contributed by atoms with Gasteiger partial charge in [0.1, 0.15) is 32.9 Å². The van der Waals surface area contributed by atoms with Gasteiger partial charge in [0, 0.05) is 63.7 Å². The van der Waals surface area contributed by atoms with Gasteiger partial charge in [0.2, 0.25) is 0 Å². The summed E-state index contributed by atoms with van der Waals surface area (Å²) >= 11 is 21.3. The lowest BCUT2D eigenvalue weighted by Crippen LogP contribution is -2.21. The van der Waals surface area contributed by atoms with Crippen molar-refractivity contribution in [2.75, 3.05) is 23.0 Å². The Morgan fingerprint density at radius 3 is 1.40 bits per heavy atom. The fourth-order valence-electron chi connectivity index (χ4n) is 5.03. The number of halogens is 18. The lowest BCUT2D eigenvalue weighted by Gasteiger charge is -2.17. The SMILES string of the molecule is BrBr.C.Fc1cc(OC(F)(F)c2cccs2)ccc1-c1cc(F)c(F)c(F)c1.O=C(O)c1cccs1.O=S(=O)(O)C(F)(F)F.O=S(=O)([O-])C(F)(F)F.Oc1ccc(-c2cc(F)c(F)c(F)c2)c(F)c1.SCCCS.c1csc(C2=[S+]CCCS2)c1. The van der Waals surface area contributed by atoms with Crippen LogP contribution in [0.4, 0.5) is 70.2 Å². The molecule has 0 amide bonds. The highest BCUT2D eigenvalue weighted by atomic mass is 80.9. The zero-order valence-corrected chi connectivity index (χ0v) is 51.6. The van der Waals surface area contributed by atoms with Crippen molar-refractivity contribution >= 4 is 141 Å². The highest BCUT2D eigenvalue weighted by Gasteiger charge is 2.44. The first kappa shape index (κ1) is 80.8. The van der Waals surface area contributed by atoms with Crippen LogP contribution in [0.1, 0.15) is 39.7 Å². The van der Waals surface area contributed by atoms with Crippen molar-refractivity contribution in [2.24, 2.45) is 0 Å². The van der Waals surface area contributed by atoms with Crippen molar-refractivity contribution in [1.29, 1.82) is 0 Å². The largest absolute Gasteiger partial charge is 0.741 e. The van der Waals surface area contributed by atoms with Crippen LogP contribution in [-0.4, -0.2) is 80.3 Å². The minimum atomic E-state index is -6.09. The summed E-state index contributed by atoms with van der Waals surface area (Å²) in [6.45, 7) is 0. The lowest BCUT2D eigenvalue weighted by molar-refractivity contribution is -0.182. The number of hydrogen-bond donors (Lipinski definition) is 5. The Hall–Kier alpha value is -4.15. The second-order valence-corrected chi connectivity index (χ2v) is 23.6. The fourth-order valence-corrected chi connectivity index (χ4v) is 10.4. The van der Waals surface area contributed by atoms with E-state index in [-0.39, 0.29) is 40.3 Å². The summed E-state index contributed by atoms with van der Waals surface area (Å²) in [6, 6.07) is 18.6. The maximum absolute atomic E-state index is 14.2. The molecule has 0 saturated heterocycles. The van der Waals surface area contributed by atoms with Crippen molar-refractivity contribution in [3.63, 3.8) is 0 Å². The van der Waals surface area contributed by atoms with E-state index in [0.29, 0.717) is 35.2 Å². The molecule has 0 fully saturated rings. The topological polar surface area (TPSA) is 178 Å². The van der Waals surface area contributed by atoms with Crippen LogP contribution < -0.4 is 4.74 Å². The summed E-state index contributed by atoms with van der Waals surface area (Å²) in [6.07, 6.45) is -1.17. The van der Waals surface area contributed by atoms with Gasteiger partial charge in [-0.15, -0.1) is 34.0 Å². The monoisotopic (exact) mass is 1530 g/mol. The zero-order chi connectivity index (χ0) is 64.4. The average molecular weight is 1530 g/mol. The molecule has 85 heavy (non-hydrogen) atoms. The van der Waals surface area contributed by atoms with Crippen molar-refractivity contribution in [2.45, 2.75) is 37.4 Å². The minimum Gasteiger partial charge on any atom is -0.741 e. The van der Waals surface area contributed by atoms with Crippen LogP contribution in [0.5, 0.6) is 11.5 Å². The normalized spacial score (nSPS) is 11.9. The fraction of sp³-hybridized carbons (Fsp3) is 0.208. The maximum atomic E-state index is 14.2. The van der Waals surface area contributed by atoms with Gasteiger partial charge < -0.3 is 19.5 Å². The third kappa shape index (κ3) is 28.7. The molecule has 4 heterocycles. The number of hydrogen-bond acceptors (Lipinski definition) is 14. The van der Waals surface area contributed by atoms with Crippen LogP contribution >= 0.6 is 99.3 Å². The number of phenolic OH excluding ortho intramolecular Hbond substituents is 1. The molecule has 0 saturated carbocycles. The first-order chi connectivity index (χ1) is 38.9. The van der Waals surface area contributed by atoms with Crippen molar-refractivity contribution in [3.8, 4) is 33.8 Å². The minimum absolute atomic E-state index is 0. The van der Waals surface area contributed by atoms with Gasteiger partial charge in [-0.25, -0.2) is 48.3 Å². The third-order valence-corrected chi connectivity index (χ3v) is 16.0. The summed E-state index contributed by atoms with van der Waals surface area (Å²) < 4.78 is 256. The number of ether oxygens (including phenoxy) is 1. The van der Waals surface area contributed by atoms with Crippen LogP contribution in [0.15, 0.2) is 113 Å². The lowest BCUT2D eigenvalue weighted by atomic mass is 10.0. The van der Waals surface area contributed by atoms with E-state index in [0.717, 1.165) is 59.6 Å². The molecule has 0 unspecified atom stereocenters. The van der Waals surface area contributed by atoms with Gasteiger partial charge in [-0.1, -0.05) is 37.4 Å². The molecule has 10 nitrogen and oxygen atoms in total. The molecule has 0 bridgehead atoms. The number of benzene rings is 4. The molecule has 0 radical (unpaired) electrons. The summed E-state index contributed by atoms with van der Waals surface area (Å²) in [5.41, 5.74) is -12.0. The number of thioether (sulfide) groups is 1. The number of thiophene rings is 3. The van der Waals surface area contributed by atoms with E-state index in [1.54, 1.807) is 17.5 Å². The molecule has 8 rings (SSSR count). The Morgan fingerprint density at radius 2 is 1.08 bits per heavy atom. The second-order valence-electron chi connectivity index (χ2n) is 14.6. The summed E-state index contributed by atoms with van der Waals surface area (Å²) in [5, 5.41) is 22.6. The smallest absolute Gasteiger partial charge is 0.522 e. The number of aromatic hydroxyl groups is 1. The van der Waals surface area contributed by atoms with Crippen molar-refractivity contribution in [1.82, 2.24) is 0 Å². The van der Waals surface area contributed by atoms with E-state index in [1.807, 2.05) is 34.4 Å². The number of aromatic carboxylic acids is 1. The first-order valence-corrected chi connectivity index (χ1v) is 33.9. The van der Waals surface area contributed by atoms with Gasteiger partial charge in [0.15, 0.2) is 62.1 Å². The van der Waals surface area contributed by atoms with Crippen LogP contribution in [-0.2, 0) is 37.7 Å². The van der Waals surface area contributed by atoms with Crippen LogP contribution in [0.25, 0.3) is 22.3 Å². The van der Waals surface area contributed by atoms with Crippen molar-refractivity contribution < 1.29 is 116 Å². The van der Waals surface area contributed by atoms with Crippen LogP contribution in [0, 0.1) is 46.5 Å². The Balaban J connectivity index is 0.00000103. The number of rotatable bonds is 9. The highest BCUT2D eigenvalue weighted by molar-refractivity contribution is 9.93. The Bertz CT molecular complexity index is 3310. The van der Waals surface area contributed by atoms with Gasteiger partial charge in [0.25, 0.3) is 4.20 Å². The van der Waals surface area contributed by atoms with E-state index >= 15 is 0 Å². The second kappa shape index (κ2) is 38.3. The average Bonchev–Trinajstić information content (AvgIpc) is 3.84. The molecule has 0 spiro atoms. The number of carbonyl (C=O) groups is 1. The summed E-state index contributed by atoms with van der Waals surface area (Å²) in [5.74, 6) is -8.05. The van der Waals surface area contributed by atoms with E-state index in [4.69, 9.17) is 36.2 Å². The molecule has 472 valence electrons. The molecule has 1 aliphatic rings. The first-order valence-electron chi connectivity index (χ1n) is 21.5. The van der Waals surface area contributed by atoms with E-state index < -0.39 is 95.6 Å². The van der Waals surface area contributed by atoms with E-state index in [9.17, 15) is 75.0 Å². The third-order valence-electron chi connectivity index (χ3n) is 8.64. The van der Waals surface area contributed by atoms with Gasteiger partial charge in [-0.05, 0) is 112 Å². The van der Waals surface area contributed by atoms with Crippen LogP contribution in [0.2, 0.25) is 0 Å². The zero-order valence-electron chi connectivity index (χ0n) is 41.0. The van der Waals surface area contributed by atoms with E-state index in [2.05, 4.69) is 75.8 Å². The van der Waals surface area contributed by atoms with Crippen molar-refractivity contribution in [3.05, 3.63) is 174 Å². The molecule has 4 aromatic carbocycles. The van der Waals surface area contributed by atoms with Gasteiger partial charge in [-0.3, -0.25) is 4.55 Å².